The molecule has 3 aromatic rings. The molecule has 2 atom stereocenters. The second kappa shape index (κ2) is 15.6. The van der Waals surface area contributed by atoms with E-state index in [2.05, 4.69) is 11.0 Å². The average molecular weight is 755 g/mol. The molecule has 2 heterocycles. The Balaban J connectivity index is 1.42. The summed E-state index contributed by atoms with van der Waals surface area (Å²) in [4.78, 5) is 31.3. The van der Waals surface area contributed by atoms with Crippen LogP contribution in [0.5, 0.6) is 11.5 Å². The number of hydrogen-bond donors (Lipinski definition) is 0. The molecule has 1 unspecified atom stereocenters. The van der Waals surface area contributed by atoms with E-state index in [1.165, 1.54) is 37.7 Å². The SMILES string of the molecule is COc1cccc(OC(=O)N(C)[C@](CCCN2CCC3(CC2)c2ccccc2C[S+]3[O-])(CN(C)C(=O)CC(F)(F)F)c2ccc(Cl)c(Cl)c2)c1. The molecule has 1 fully saturated rings. The van der Waals surface area contributed by atoms with Crippen LogP contribution >= 0.6 is 23.2 Å². The number of ether oxygens (including phenoxy) is 2. The predicted molar refractivity (Wildman–Crippen MR) is 188 cm³/mol. The fraction of sp³-hybridized carbons (Fsp3) is 0.444. The summed E-state index contributed by atoms with van der Waals surface area (Å²) in [6, 6.07) is 19.3. The predicted octanol–water partition coefficient (Wildman–Crippen LogP) is 7.77. The maximum atomic E-state index is 13.9. The number of methoxy groups -OCH3 is 1. The van der Waals surface area contributed by atoms with Crippen molar-refractivity contribution in [1.29, 1.82) is 0 Å². The summed E-state index contributed by atoms with van der Waals surface area (Å²) in [6.07, 6.45) is -4.99. The molecule has 14 heteroatoms. The lowest BCUT2D eigenvalue weighted by molar-refractivity contribution is -0.161. The molecule has 8 nitrogen and oxygen atoms in total. The van der Waals surface area contributed by atoms with Gasteiger partial charge in [0.2, 0.25) is 5.91 Å². The van der Waals surface area contributed by atoms with Crippen molar-refractivity contribution in [3.05, 3.63) is 93.5 Å². The first-order valence-corrected chi connectivity index (χ1v) is 18.3. The Morgan fingerprint density at radius 1 is 0.980 bits per heavy atom. The molecule has 2 aliphatic heterocycles. The zero-order valence-corrected chi connectivity index (χ0v) is 30.4. The Hall–Kier alpha value is -3.16. The van der Waals surface area contributed by atoms with Gasteiger partial charge in [0.15, 0.2) is 4.75 Å². The van der Waals surface area contributed by atoms with Gasteiger partial charge in [0.1, 0.15) is 23.7 Å². The molecule has 270 valence electrons. The molecule has 50 heavy (non-hydrogen) atoms. The van der Waals surface area contributed by atoms with E-state index in [4.69, 9.17) is 32.7 Å². The largest absolute Gasteiger partial charge is 0.615 e. The van der Waals surface area contributed by atoms with Crippen LogP contribution in [-0.4, -0.2) is 84.8 Å². The number of hydrogen-bond acceptors (Lipinski definition) is 6. The lowest BCUT2D eigenvalue weighted by atomic mass is 9.82. The van der Waals surface area contributed by atoms with Crippen molar-refractivity contribution in [2.75, 3.05) is 47.4 Å². The van der Waals surface area contributed by atoms with Gasteiger partial charge in [-0.2, -0.15) is 13.2 Å². The molecule has 1 saturated heterocycles. The fourth-order valence-corrected chi connectivity index (χ4v) is 9.28. The normalized spacial score (nSPS) is 18.3. The van der Waals surface area contributed by atoms with Crippen molar-refractivity contribution in [1.82, 2.24) is 14.7 Å². The minimum absolute atomic E-state index is 0.179. The quantitative estimate of drug-likeness (QED) is 0.186. The number of amides is 2. The number of carbonyl (C=O) groups is 2. The molecular weight excluding hydrogens is 714 g/mol. The summed E-state index contributed by atoms with van der Waals surface area (Å²) in [6.45, 7) is 1.71. The topological polar surface area (TPSA) is 85.4 Å². The third-order valence-corrected chi connectivity index (χ3v) is 12.7. The van der Waals surface area contributed by atoms with Gasteiger partial charge < -0.3 is 23.8 Å². The highest BCUT2D eigenvalue weighted by Crippen LogP contribution is 2.49. The smallest absolute Gasteiger partial charge is 0.415 e. The summed E-state index contributed by atoms with van der Waals surface area (Å²) in [5.41, 5.74) is 1.39. The Morgan fingerprint density at radius 3 is 2.36 bits per heavy atom. The van der Waals surface area contributed by atoms with E-state index in [1.807, 2.05) is 18.2 Å². The van der Waals surface area contributed by atoms with E-state index in [-0.39, 0.29) is 33.5 Å². The standard InChI is InChI=1S/C36H40Cl2F3N3O5S/c1-42(32(45)22-36(39,40)41)24-34(26-12-13-30(37)31(38)20-26,43(2)33(46)49-28-10-6-9-27(21-28)48-3)14-7-17-44-18-15-35(16-19-44)29-11-5-4-8-25(29)23-50(35)47/h4-6,8-13,20-21H,7,14-19,22-24H2,1-3H3/t34-,50?/m1/s1. The number of likely N-dealkylation sites (tertiary alicyclic amines) is 1. The van der Waals surface area contributed by atoms with Crippen molar-refractivity contribution in [2.24, 2.45) is 0 Å². The van der Waals surface area contributed by atoms with Gasteiger partial charge in [0.25, 0.3) is 0 Å². The van der Waals surface area contributed by atoms with Crippen LogP contribution in [0.3, 0.4) is 0 Å². The fourth-order valence-electron chi connectivity index (χ4n) is 7.09. The highest BCUT2D eigenvalue weighted by Gasteiger charge is 2.52. The zero-order valence-electron chi connectivity index (χ0n) is 28.1. The third-order valence-electron chi connectivity index (χ3n) is 9.85. The van der Waals surface area contributed by atoms with Crippen molar-refractivity contribution in [3.8, 4) is 11.5 Å². The maximum absolute atomic E-state index is 13.9. The van der Waals surface area contributed by atoms with Crippen molar-refractivity contribution in [3.63, 3.8) is 0 Å². The number of nitrogens with zero attached hydrogens (tertiary/aromatic N) is 3. The van der Waals surface area contributed by atoms with Crippen molar-refractivity contribution < 1.29 is 36.8 Å². The number of likely N-dealkylation sites (N-methyl/N-ethyl adjacent to an activating group) is 2. The van der Waals surface area contributed by atoms with E-state index in [1.54, 1.807) is 36.4 Å². The van der Waals surface area contributed by atoms with E-state index < -0.39 is 41.3 Å². The van der Waals surface area contributed by atoms with Gasteiger partial charge in [-0.15, -0.1) is 0 Å². The molecule has 0 bridgehead atoms. The molecule has 0 saturated carbocycles. The second-order valence-electron chi connectivity index (χ2n) is 12.9. The van der Waals surface area contributed by atoms with Gasteiger partial charge in [-0.3, -0.25) is 9.69 Å². The van der Waals surface area contributed by atoms with Gasteiger partial charge in [0, 0.05) is 63.8 Å². The van der Waals surface area contributed by atoms with E-state index >= 15 is 0 Å². The molecule has 1 spiro atoms. The molecule has 0 aromatic heterocycles. The van der Waals surface area contributed by atoms with Crippen LogP contribution in [0.1, 0.15) is 48.8 Å². The van der Waals surface area contributed by atoms with E-state index in [0.717, 1.165) is 23.3 Å². The number of halogens is 5. The molecule has 2 amide bonds. The Labute approximate surface area is 303 Å². The lowest BCUT2D eigenvalue weighted by Gasteiger charge is -2.45. The summed E-state index contributed by atoms with van der Waals surface area (Å²) < 4.78 is 64.0. The van der Waals surface area contributed by atoms with Gasteiger partial charge in [-0.05, 0) is 60.4 Å². The highest BCUT2D eigenvalue weighted by atomic mass is 35.5. The average Bonchev–Trinajstić information content (AvgIpc) is 3.35. The number of piperidine rings is 1. The zero-order chi connectivity index (χ0) is 36.3. The minimum Gasteiger partial charge on any atom is -0.615 e. The van der Waals surface area contributed by atoms with Gasteiger partial charge in [0.05, 0.1) is 22.7 Å². The summed E-state index contributed by atoms with van der Waals surface area (Å²) in [5, 5.41) is 0.430. The first kappa shape index (κ1) is 38.1. The van der Waals surface area contributed by atoms with Crippen LogP contribution in [0.25, 0.3) is 0 Å². The number of rotatable bonds is 11. The van der Waals surface area contributed by atoms with Gasteiger partial charge >= 0.3 is 12.3 Å². The summed E-state index contributed by atoms with van der Waals surface area (Å²) >= 11 is 11.7. The van der Waals surface area contributed by atoms with E-state index in [0.29, 0.717) is 43.1 Å². The van der Waals surface area contributed by atoms with Gasteiger partial charge in [-0.1, -0.05) is 59.6 Å². The maximum Gasteiger partial charge on any atom is 0.415 e. The number of carbonyl (C=O) groups excluding carboxylic acids is 2. The molecule has 2 aliphatic rings. The molecule has 0 aliphatic carbocycles. The highest BCUT2D eigenvalue weighted by molar-refractivity contribution is 7.92. The number of fused-ring (bicyclic) bond motifs is 2. The van der Waals surface area contributed by atoms with Crippen molar-refractivity contribution >= 4 is 46.4 Å². The minimum atomic E-state index is -4.72. The van der Waals surface area contributed by atoms with Crippen LogP contribution in [0.4, 0.5) is 18.0 Å². The Kier molecular flexibility index (Phi) is 11.9. The number of benzene rings is 3. The van der Waals surface area contributed by atoms with Crippen LogP contribution in [-0.2, 0) is 32.0 Å². The van der Waals surface area contributed by atoms with Gasteiger partial charge in [-0.25, -0.2) is 4.79 Å². The monoisotopic (exact) mass is 753 g/mol. The van der Waals surface area contributed by atoms with Crippen LogP contribution in [0.2, 0.25) is 10.0 Å². The van der Waals surface area contributed by atoms with Crippen LogP contribution < -0.4 is 9.47 Å². The first-order chi connectivity index (χ1) is 23.7. The lowest BCUT2D eigenvalue weighted by Crippen LogP contribution is -2.55. The first-order valence-electron chi connectivity index (χ1n) is 16.2. The Morgan fingerprint density at radius 2 is 1.68 bits per heavy atom. The molecule has 0 radical (unpaired) electrons. The number of alkyl halides is 3. The Bertz CT molecular complexity index is 1690. The molecule has 0 N–H and O–H groups in total. The van der Waals surface area contributed by atoms with Crippen LogP contribution in [0, 0.1) is 0 Å². The van der Waals surface area contributed by atoms with E-state index in [9.17, 15) is 27.3 Å². The second-order valence-corrected chi connectivity index (χ2v) is 15.5. The van der Waals surface area contributed by atoms with Crippen LogP contribution in [0.15, 0.2) is 66.7 Å². The molecule has 3 aromatic carbocycles. The summed E-state index contributed by atoms with van der Waals surface area (Å²) in [5.74, 6) is 0.0575. The van der Waals surface area contributed by atoms with Crippen molar-refractivity contribution in [2.45, 2.75) is 54.3 Å². The molecule has 5 rings (SSSR count). The molecular formula is C36H40Cl2F3N3O5S. The summed E-state index contributed by atoms with van der Waals surface area (Å²) in [7, 11) is 4.25. The third kappa shape index (κ3) is 8.31.